The SMILES string of the molecule is NC(=O)CCSc1ncc(-c2ccccc2)n1-c1ccccc1. The molecule has 1 aromatic heterocycles. The highest BCUT2D eigenvalue weighted by Gasteiger charge is 2.14. The Morgan fingerprint density at radius 3 is 2.35 bits per heavy atom. The highest BCUT2D eigenvalue weighted by molar-refractivity contribution is 7.99. The van der Waals surface area contributed by atoms with Crippen LogP contribution in [0.5, 0.6) is 0 Å². The van der Waals surface area contributed by atoms with Gasteiger partial charge in [0.05, 0.1) is 11.9 Å². The van der Waals surface area contributed by atoms with Crippen LogP contribution >= 0.6 is 11.8 Å². The molecule has 1 amide bonds. The summed E-state index contributed by atoms with van der Waals surface area (Å²) in [4.78, 5) is 15.5. The van der Waals surface area contributed by atoms with Crippen molar-refractivity contribution in [1.82, 2.24) is 9.55 Å². The van der Waals surface area contributed by atoms with E-state index in [1.165, 1.54) is 11.8 Å². The molecule has 3 rings (SSSR count). The van der Waals surface area contributed by atoms with Gasteiger partial charge in [0.2, 0.25) is 5.91 Å². The van der Waals surface area contributed by atoms with Gasteiger partial charge in [-0.3, -0.25) is 9.36 Å². The summed E-state index contributed by atoms with van der Waals surface area (Å²) in [6.07, 6.45) is 2.21. The zero-order valence-electron chi connectivity index (χ0n) is 12.6. The van der Waals surface area contributed by atoms with Gasteiger partial charge in [-0.15, -0.1) is 0 Å². The van der Waals surface area contributed by atoms with Crippen molar-refractivity contribution in [2.75, 3.05) is 5.75 Å². The average Bonchev–Trinajstić information content (AvgIpc) is 3.00. The molecule has 0 atom stereocenters. The normalized spacial score (nSPS) is 10.6. The number of carbonyl (C=O) groups excluding carboxylic acids is 1. The largest absolute Gasteiger partial charge is 0.370 e. The zero-order chi connectivity index (χ0) is 16.1. The first-order valence-corrected chi connectivity index (χ1v) is 8.34. The molecule has 0 radical (unpaired) electrons. The second-order valence-electron chi connectivity index (χ2n) is 5.03. The van der Waals surface area contributed by atoms with E-state index in [2.05, 4.69) is 21.7 Å². The van der Waals surface area contributed by atoms with E-state index in [1.807, 2.05) is 54.7 Å². The first-order valence-electron chi connectivity index (χ1n) is 7.35. The van der Waals surface area contributed by atoms with Crippen molar-refractivity contribution in [3.63, 3.8) is 0 Å². The van der Waals surface area contributed by atoms with E-state index < -0.39 is 0 Å². The number of para-hydroxylation sites is 1. The molecule has 116 valence electrons. The Morgan fingerprint density at radius 2 is 1.70 bits per heavy atom. The number of nitrogens with zero attached hydrogens (tertiary/aromatic N) is 2. The summed E-state index contributed by atoms with van der Waals surface area (Å²) in [5.41, 5.74) is 8.40. The third kappa shape index (κ3) is 3.63. The number of benzene rings is 2. The predicted molar refractivity (Wildman–Crippen MR) is 93.5 cm³/mol. The number of thioether (sulfide) groups is 1. The van der Waals surface area contributed by atoms with Crippen LogP contribution in [0.15, 0.2) is 72.0 Å². The Kier molecular flexibility index (Phi) is 4.78. The van der Waals surface area contributed by atoms with Crippen LogP contribution in [0.3, 0.4) is 0 Å². The van der Waals surface area contributed by atoms with E-state index in [0.717, 1.165) is 22.1 Å². The summed E-state index contributed by atoms with van der Waals surface area (Å²) < 4.78 is 2.11. The van der Waals surface area contributed by atoms with Crippen molar-refractivity contribution in [3.8, 4) is 16.9 Å². The van der Waals surface area contributed by atoms with Gasteiger partial charge in [0.15, 0.2) is 5.16 Å². The van der Waals surface area contributed by atoms with Crippen molar-refractivity contribution in [2.24, 2.45) is 5.73 Å². The van der Waals surface area contributed by atoms with E-state index in [1.54, 1.807) is 0 Å². The lowest BCUT2D eigenvalue weighted by atomic mass is 10.1. The van der Waals surface area contributed by atoms with Crippen molar-refractivity contribution in [1.29, 1.82) is 0 Å². The molecule has 0 saturated carbocycles. The van der Waals surface area contributed by atoms with Gasteiger partial charge in [0, 0.05) is 23.4 Å². The first-order chi connectivity index (χ1) is 11.3. The minimum Gasteiger partial charge on any atom is -0.370 e. The predicted octanol–water partition coefficient (Wildman–Crippen LogP) is 3.51. The Balaban J connectivity index is 2.00. The smallest absolute Gasteiger partial charge is 0.218 e. The van der Waals surface area contributed by atoms with Crippen LogP contribution in [0.2, 0.25) is 0 Å². The van der Waals surface area contributed by atoms with Crippen LogP contribution in [0.25, 0.3) is 16.9 Å². The summed E-state index contributed by atoms with van der Waals surface area (Å²) in [5, 5.41) is 0.858. The Hall–Kier alpha value is -2.53. The van der Waals surface area contributed by atoms with Gasteiger partial charge in [-0.1, -0.05) is 60.3 Å². The molecule has 0 aliphatic rings. The number of carbonyl (C=O) groups is 1. The fourth-order valence-corrected chi connectivity index (χ4v) is 3.26. The van der Waals surface area contributed by atoms with Crippen LogP contribution in [0.1, 0.15) is 6.42 Å². The van der Waals surface area contributed by atoms with Crippen LogP contribution in [-0.4, -0.2) is 21.2 Å². The number of amides is 1. The van der Waals surface area contributed by atoms with Gasteiger partial charge in [0.1, 0.15) is 0 Å². The Labute approximate surface area is 139 Å². The first kappa shape index (κ1) is 15.4. The number of imidazole rings is 1. The molecule has 1 heterocycles. The average molecular weight is 323 g/mol. The lowest BCUT2D eigenvalue weighted by molar-refractivity contribution is -0.117. The standard InChI is InChI=1S/C18H17N3OS/c19-17(22)11-12-23-18-20-13-16(14-7-3-1-4-8-14)21(18)15-9-5-2-6-10-15/h1-10,13H,11-12H2,(H2,19,22). The molecule has 5 heteroatoms. The van der Waals surface area contributed by atoms with E-state index in [0.29, 0.717) is 12.2 Å². The summed E-state index contributed by atoms with van der Waals surface area (Å²) in [7, 11) is 0. The maximum absolute atomic E-state index is 11.0. The van der Waals surface area contributed by atoms with Crippen molar-refractivity contribution >= 4 is 17.7 Å². The van der Waals surface area contributed by atoms with Gasteiger partial charge in [-0.25, -0.2) is 4.98 Å². The van der Waals surface area contributed by atoms with Crippen molar-refractivity contribution < 1.29 is 4.79 Å². The molecular formula is C18H17N3OS. The number of primary amides is 1. The van der Waals surface area contributed by atoms with Crippen LogP contribution in [0.4, 0.5) is 0 Å². The molecule has 23 heavy (non-hydrogen) atoms. The van der Waals surface area contributed by atoms with Gasteiger partial charge in [0.25, 0.3) is 0 Å². The fraction of sp³-hybridized carbons (Fsp3) is 0.111. The van der Waals surface area contributed by atoms with E-state index in [-0.39, 0.29) is 5.91 Å². The highest BCUT2D eigenvalue weighted by Crippen LogP contribution is 2.29. The maximum Gasteiger partial charge on any atom is 0.218 e. The quantitative estimate of drug-likeness (QED) is 0.706. The molecule has 0 spiro atoms. The lowest BCUT2D eigenvalue weighted by Gasteiger charge is -2.11. The maximum atomic E-state index is 11.0. The third-order valence-corrected chi connectivity index (χ3v) is 4.35. The highest BCUT2D eigenvalue weighted by atomic mass is 32.2. The fourth-order valence-electron chi connectivity index (χ4n) is 2.32. The number of rotatable bonds is 6. The van der Waals surface area contributed by atoms with Gasteiger partial charge in [-0.05, 0) is 12.1 Å². The summed E-state index contributed by atoms with van der Waals surface area (Å²) in [5.74, 6) is 0.325. The number of hydrogen-bond acceptors (Lipinski definition) is 3. The van der Waals surface area contributed by atoms with Gasteiger partial charge < -0.3 is 5.73 Å². The monoisotopic (exact) mass is 323 g/mol. The third-order valence-electron chi connectivity index (χ3n) is 3.39. The van der Waals surface area contributed by atoms with Crippen molar-refractivity contribution in [3.05, 3.63) is 66.9 Å². The van der Waals surface area contributed by atoms with Gasteiger partial charge in [-0.2, -0.15) is 0 Å². The van der Waals surface area contributed by atoms with Crippen LogP contribution in [0, 0.1) is 0 Å². The zero-order valence-corrected chi connectivity index (χ0v) is 13.4. The molecule has 3 aromatic rings. The molecule has 0 aliphatic carbocycles. The molecular weight excluding hydrogens is 306 g/mol. The molecule has 0 saturated heterocycles. The summed E-state index contributed by atoms with van der Waals surface area (Å²) in [6, 6.07) is 20.2. The molecule has 0 bridgehead atoms. The number of hydrogen-bond donors (Lipinski definition) is 1. The Morgan fingerprint density at radius 1 is 1.04 bits per heavy atom. The van der Waals surface area contributed by atoms with Crippen LogP contribution < -0.4 is 5.73 Å². The second-order valence-corrected chi connectivity index (χ2v) is 6.09. The lowest BCUT2D eigenvalue weighted by Crippen LogP contribution is -2.11. The molecule has 2 N–H and O–H groups in total. The molecule has 4 nitrogen and oxygen atoms in total. The van der Waals surface area contributed by atoms with Crippen molar-refractivity contribution in [2.45, 2.75) is 11.6 Å². The minimum absolute atomic E-state index is 0.293. The summed E-state index contributed by atoms with van der Waals surface area (Å²) >= 11 is 1.54. The van der Waals surface area contributed by atoms with E-state index in [4.69, 9.17) is 5.73 Å². The Bertz CT molecular complexity index is 785. The second kappa shape index (κ2) is 7.15. The number of aromatic nitrogens is 2. The molecule has 0 aliphatic heterocycles. The number of nitrogens with two attached hydrogens (primary N) is 1. The molecule has 0 unspecified atom stereocenters. The van der Waals surface area contributed by atoms with E-state index in [9.17, 15) is 4.79 Å². The van der Waals surface area contributed by atoms with Gasteiger partial charge >= 0.3 is 0 Å². The van der Waals surface area contributed by atoms with Crippen LogP contribution in [-0.2, 0) is 4.79 Å². The summed E-state index contributed by atoms with van der Waals surface area (Å²) in [6.45, 7) is 0. The molecule has 0 fully saturated rings. The topological polar surface area (TPSA) is 60.9 Å². The molecule has 2 aromatic carbocycles. The van der Waals surface area contributed by atoms with E-state index >= 15 is 0 Å². The minimum atomic E-state index is -0.293.